The third-order valence-electron chi connectivity index (χ3n) is 1.33. The molecule has 0 heterocycles. The molecule has 5 heteroatoms. The van der Waals surface area contributed by atoms with Gasteiger partial charge in [-0.2, -0.15) is 0 Å². The summed E-state index contributed by atoms with van der Waals surface area (Å²) in [6, 6.07) is 0. The van der Waals surface area contributed by atoms with Crippen molar-refractivity contribution in [2.24, 2.45) is 0 Å². The van der Waals surface area contributed by atoms with Crippen molar-refractivity contribution in [3.05, 3.63) is 24.6 Å². The van der Waals surface area contributed by atoms with E-state index >= 15 is 0 Å². The van der Waals surface area contributed by atoms with Crippen LogP contribution in [0.3, 0.4) is 0 Å². The van der Waals surface area contributed by atoms with Crippen LogP contribution in [0.25, 0.3) is 0 Å². The molecule has 13 heavy (non-hydrogen) atoms. The fourth-order valence-electron chi connectivity index (χ4n) is 0.746. The average molecular weight is 575 g/mol. The third kappa shape index (κ3) is 9.55. The second kappa shape index (κ2) is 7.53. The van der Waals surface area contributed by atoms with Crippen molar-refractivity contribution >= 4 is 16.6 Å². The fourth-order valence-corrected chi connectivity index (χ4v) is 6.71. The van der Waals surface area contributed by atoms with E-state index in [-0.39, 0.29) is 42.1 Å². The van der Waals surface area contributed by atoms with Gasteiger partial charge in [0, 0.05) is 42.1 Å². The molecular weight excluding hydrogens is 558 g/mol. The summed E-state index contributed by atoms with van der Waals surface area (Å²) >= 11 is 0. The zero-order valence-corrected chi connectivity index (χ0v) is 14.9. The molecule has 0 aromatic carbocycles. The average Bonchev–Trinajstić information content (AvgIpc) is 1.86. The fraction of sp³-hybridized carbons (Fsp3) is 0.500. The van der Waals surface area contributed by atoms with Crippen LogP contribution in [0.4, 0.5) is 0 Å². The van der Waals surface area contributed by atoms with Gasteiger partial charge in [0.15, 0.2) is 16.6 Å². The van der Waals surface area contributed by atoms with E-state index in [1.807, 2.05) is 0 Å². The minimum atomic E-state index is -1.73. The van der Waals surface area contributed by atoms with E-state index < -0.39 is 16.6 Å². The van der Waals surface area contributed by atoms with Crippen LogP contribution in [0, 0.1) is 13.2 Å². The topological polar surface area (TPSA) is 9.23 Å². The molecule has 1 nitrogen and oxygen atoms in total. The summed E-state index contributed by atoms with van der Waals surface area (Å²) in [5.41, 5.74) is 3.37. The molecule has 0 radical (unpaired) electrons. The molecule has 0 aliphatic carbocycles. The van der Waals surface area contributed by atoms with Crippen LogP contribution >= 0.6 is 0 Å². The molecule has 0 rings (SSSR count). The van der Waals surface area contributed by atoms with Gasteiger partial charge >= 0.3 is 0 Å². The van der Waals surface area contributed by atoms with Crippen molar-refractivity contribution in [2.45, 2.75) is 26.2 Å². The van der Waals surface area contributed by atoms with Gasteiger partial charge in [-0.25, -0.2) is 0 Å². The molecule has 0 aliphatic rings. The number of rotatable bonds is 4. The molecule has 0 aromatic rings. The standard InChI is InChI=1S/C8H16OSi2.2Pt/c1-7-10(3,4)9-11(5,6)8-2;;/h1-2,7-8H,3-6H3;;/q-2;;. The first-order chi connectivity index (χ1) is 4.83. The molecule has 0 spiro atoms. The quantitative estimate of drug-likeness (QED) is 0.371. The molecule has 0 aliphatic heterocycles. The Morgan fingerprint density at radius 1 is 0.846 bits per heavy atom. The van der Waals surface area contributed by atoms with Crippen LogP contribution in [0.1, 0.15) is 0 Å². The molecule has 0 fully saturated rings. The Hall–Kier alpha value is 1.25. The second-order valence-electron chi connectivity index (χ2n) is 3.64. The van der Waals surface area contributed by atoms with Crippen molar-refractivity contribution in [3.63, 3.8) is 0 Å². The number of hydrogen-bond donors (Lipinski definition) is 0. The molecule has 0 bridgehead atoms. The maximum absolute atomic E-state index is 5.84. The SMILES string of the molecule is [CH-]=C[Si](C)(C)O[Si](C)(C)C=[CH-].[Pt].[Pt]. The summed E-state index contributed by atoms with van der Waals surface area (Å²) in [4.78, 5) is 0. The minimum Gasteiger partial charge on any atom is -0.520 e. The van der Waals surface area contributed by atoms with Gasteiger partial charge in [0.05, 0.1) is 0 Å². The van der Waals surface area contributed by atoms with Crippen molar-refractivity contribution in [1.29, 1.82) is 0 Å². The summed E-state index contributed by atoms with van der Waals surface area (Å²) in [6.45, 7) is 19.1. The van der Waals surface area contributed by atoms with Crippen molar-refractivity contribution in [1.82, 2.24) is 0 Å². The van der Waals surface area contributed by atoms with E-state index in [0.29, 0.717) is 0 Å². The zero-order valence-electron chi connectivity index (χ0n) is 8.35. The van der Waals surface area contributed by atoms with Crippen molar-refractivity contribution < 1.29 is 46.2 Å². The Morgan fingerprint density at radius 3 is 1.23 bits per heavy atom. The molecule has 0 amide bonds. The predicted octanol–water partition coefficient (Wildman–Crippen LogP) is 2.46. The van der Waals surface area contributed by atoms with Crippen LogP contribution in [0.15, 0.2) is 11.4 Å². The number of hydrogen-bond acceptors (Lipinski definition) is 1. The maximum atomic E-state index is 5.84. The molecule has 0 aromatic heterocycles. The van der Waals surface area contributed by atoms with Crippen LogP contribution in [-0.2, 0) is 46.2 Å². The van der Waals surface area contributed by atoms with E-state index in [4.69, 9.17) is 17.3 Å². The van der Waals surface area contributed by atoms with Crippen LogP contribution in [0.2, 0.25) is 26.2 Å². The third-order valence-corrected chi connectivity index (χ3v) is 7.14. The zero-order chi connectivity index (χ0) is 9.12. The van der Waals surface area contributed by atoms with E-state index in [1.54, 1.807) is 11.4 Å². The molecule has 84 valence electrons. The van der Waals surface area contributed by atoms with Gasteiger partial charge in [0.2, 0.25) is 0 Å². The Morgan fingerprint density at radius 2 is 1.08 bits per heavy atom. The Labute approximate surface area is 113 Å². The van der Waals surface area contributed by atoms with Crippen LogP contribution in [0.5, 0.6) is 0 Å². The van der Waals surface area contributed by atoms with Gasteiger partial charge in [0.1, 0.15) is 0 Å². The largest absolute Gasteiger partial charge is 0.520 e. The van der Waals surface area contributed by atoms with Crippen LogP contribution < -0.4 is 0 Å². The summed E-state index contributed by atoms with van der Waals surface area (Å²) in [7, 11) is -3.46. The Bertz CT molecular complexity index is 152. The smallest absolute Gasteiger partial charge is 0.163 e. The van der Waals surface area contributed by atoms with Gasteiger partial charge in [-0.05, 0) is 26.2 Å². The molecule has 0 unspecified atom stereocenters. The second-order valence-corrected chi connectivity index (χ2v) is 11.5. The van der Waals surface area contributed by atoms with Gasteiger partial charge in [-0.3, -0.25) is 11.4 Å². The summed E-state index contributed by atoms with van der Waals surface area (Å²) in [5, 5.41) is 0. The van der Waals surface area contributed by atoms with Crippen molar-refractivity contribution in [2.75, 3.05) is 0 Å². The predicted molar refractivity (Wildman–Crippen MR) is 53.8 cm³/mol. The Balaban J connectivity index is -0.000000500. The first-order valence-corrected chi connectivity index (χ1v) is 9.62. The van der Waals surface area contributed by atoms with E-state index in [2.05, 4.69) is 26.2 Å². The van der Waals surface area contributed by atoms with Crippen molar-refractivity contribution in [3.8, 4) is 0 Å². The first kappa shape index (κ1) is 19.8. The van der Waals surface area contributed by atoms with Gasteiger partial charge < -0.3 is 17.3 Å². The van der Waals surface area contributed by atoms with Gasteiger partial charge in [-0.1, -0.05) is 0 Å². The normalized spacial score (nSPS) is 10.8. The van der Waals surface area contributed by atoms with Gasteiger partial charge in [-0.15, -0.1) is 0 Å². The molecule has 0 atom stereocenters. The van der Waals surface area contributed by atoms with Gasteiger partial charge in [0.25, 0.3) is 0 Å². The molecule has 0 saturated carbocycles. The minimum absolute atomic E-state index is 0. The first-order valence-electron chi connectivity index (χ1n) is 3.65. The molecule has 0 N–H and O–H groups in total. The molecular formula is C8H16OPt2Si2-2. The summed E-state index contributed by atoms with van der Waals surface area (Å²) in [6.07, 6.45) is 0. The summed E-state index contributed by atoms with van der Waals surface area (Å²) in [5.74, 6) is 0. The van der Waals surface area contributed by atoms with E-state index in [1.165, 1.54) is 0 Å². The monoisotopic (exact) mass is 574 g/mol. The van der Waals surface area contributed by atoms with Crippen LogP contribution in [-0.4, -0.2) is 16.6 Å². The molecule has 0 saturated heterocycles. The van der Waals surface area contributed by atoms with E-state index in [9.17, 15) is 0 Å². The summed E-state index contributed by atoms with van der Waals surface area (Å²) < 4.78 is 5.84. The maximum Gasteiger partial charge on any atom is 0.163 e. The van der Waals surface area contributed by atoms with E-state index in [0.717, 1.165) is 0 Å². The Kier molecular flexibility index (Phi) is 11.5.